The molecule has 1 heterocycles. The van der Waals surface area contributed by atoms with E-state index < -0.39 is 16.1 Å². The van der Waals surface area contributed by atoms with Crippen LogP contribution >= 0.6 is 11.6 Å². The van der Waals surface area contributed by atoms with E-state index in [0.29, 0.717) is 6.54 Å². The van der Waals surface area contributed by atoms with Crippen molar-refractivity contribution in [2.75, 3.05) is 13.1 Å². The lowest BCUT2D eigenvalue weighted by Gasteiger charge is -2.31. The van der Waals surface area contributed by atoms with Crippen molar-refractivity contribution < 1.29 is 13.2 Å². The molecule has 1 fully saturated rings. The molecule has 2 rings (SSSR count). The molecule has 1 unspecified atom stereocenters. The minimum Gasteiger partial charge on any atom is -0.353 e. The summed E-state index contributed by atoms with van der Waals surface area (Å²) in [5, 5.41) is 2.78. The lowest BCUT2D eigenvalue weighted by Crippen LogP contribution is -2.55. The lowest BCUT2D eigenvalue weighted by molar-refractivity contribution is -0.126. The second-order valence-corrected chi connectivity index (χ2v) is 6.28. The summed E-state index contributed by atoms with van der Waals surface area (Å²) in [6.07, 6.45) is 0. The van der Waals surface area contributed by atoms with Gasteiger partial charge in [0.1, 0.15) is 10.9 Å². The molecule has 1 aliphatic rings. The lowest BCUT2D eigenvalue weighted by atomic mass is 10.2. The van der Waals surface area contributed by atoms with Crippen LogP contribution < -0.4 is 5.32 Å². The summed E-state index contributed by atoms with van der Waals surface area (Å²) < 4.78 is 26.0. The monoisotopic (exact) mass is 288 g/mol. The molecular weight excluding hydrogens is 276 g/mol. The predicted molar refractivity (Wildman–Crippen MR) is 67.8 cm³/mol. The van der Waals surface area contributed by atoms with Crippen molar-refractivity contribution in [2.45, 2.75) is 17.9 Å². The van der Waals surface area contributed by atoms with E-state index in [1.54, 1.807) is 19.1 Å². The molecule has 1 N–H and O–H groups in total. The summed E-state index contributed by atoms with van der Waals surface area (Å²) in [5.74, 6) is -0.295. The van der Waals surface area contributed by atoms with Crippen LogP contribution in [-0.2, 0) is 14.8 Å². The van der Waals surface area contributed by atoms with Crippen LogP contribution in [-0.4, -0.2) is 37.8 Å². The number of carbonyl (C=O) groups excluding carboxylic acids is 1. The van der Waals surface area contributed by atoms with Gasteiger partial charge in [-0.3, -0.25) is 4.79 Å². The van der Waals surface area contributed by atoms with Crippen molar-refractivity contribution in [3.05, 3.63) is 29.3 Å². The van der Waals surface area contributed by atoms with E-state index in [1.165, 1.54) is 16.4 Å². The number of nitrogens with one attached hydrogen (secondary N) is 1. The number of benzene rings is 1. The molecule has 5 nitrogen and oxygen atoms in total. The van der Waals surface area contributed by atoms with Crippen molar-refractivity contribution in [1.82, 2.24) is 9.62 Å². The molecule has 1 amide bonds. The van der Waals surface area contributed by atoms with Crippen LogP contribution in [0.3, 0.4) is 0 Å². The second kappa shape index (κ2) is 4.87. The maximum absolute atomic E-state index is 12.4. The van der Waals surface area contributed by atoms with E-state index in [-0.39, 0.29) is 22.4 Å². The Morgan fingerprint density at radius 2 is 2.06 bits per heavy atom. The van der Waals surface area contributed by atoms with Gasteiger partial charge in [0, 0.05) is 13.1 Å². The Morgan fingerprint density at radius 3 is 2.72 bits per heavy atom. The van der Waals surface area contributed by atoms with Crippen LogP contribution in [0.2, 0.25) is 5.02 Å². The van der Waals surface area contributed by atoms with Gasteiger partial charge in [0.15, 0.2) is 0 Å². The molecule has 0 spiro atoms. The van der Waals surface area contributed by atoms with E-state index in [9.17, 15) is 13.2 Å². The first-order chi connectivity index (χ1) is 8.44. The minimum absolute atomic E-state index is 0.0354. The molecule has 1 aromatic carbocycles. The highest BCUT2D eigenvalue weighted by Gasteiger charge is 2.36. The molecule has 0 radical (unpaired) electrons. The van der Waals surface area contributed by atoms with Crippen molar-refractivity contribution in [2.24, 2.45) is 0 Å². The smallest absolute Gasteiger partial charge is 0.245 e. The number of carbonyl (C=O) groups is 1. The summed E-state index contributed by atoms with van der Waals surface area (Å²) >= 11 is 5.91. The van der Waals surface area contributed by atoms with Gasteiger partial charge in [-0.15, -0.1) is 0 Å². The van der Waals surface area contributed by atoms with Crippen LogP contribution in [0.15, 0.2) is 29.2 Å². The Kier molecular flexibility index (Phi) is 3.61. The number of halogens is 1. The van der Waals surface area contributed by atoms with E-state index in [2.05, 4.69) is 5.32 Å². The first-order valence-corrected chi connectivity index (χ1v) is 7.30. The van der Waals surface area contributed by atoms with Gasteiger partial charge in [0.25, 0.3) is 0 Å². The number of hydrogen-bond donors (Lipinski definition) is 1. The van der Waals surface area contributed by atoms with Crippen LogP contribution in [0.1, 0.15) is 6.92 Å². The van der Waals surface area contributed by atoms with Gasteiger partial charge in [-0.25, -0.2) is 8.42 Å². The number of piperazine rings is 1. The Balaban J connectivity index is 2.43. The van der Waals surface area contributed by atoms with E-state index in [1.807, 2.05) is 0 Å². The standard InChI is InChI=1S/C11H13ClN2O3S/c1-8-11(15)13-6-7-14(8)18(16,17)10-5-3-2-4-9(10)12/h2-5,8H,6-7H2,1H3,(H,13,15). The maximum atomic E-state index is 12.4. The van der Waals surface area contributed by atoms with Gasteiger partial charge in [0.2, 0.25) is 15.9 Å². The zero-order valence-corrected chi connectivity index (χ0v) is 11.3. The highest BCUT2D eigenvalue weighted by Crippen LogP contribution is 2.26. The summed E-state index contributed by atoms with van der Waals surface area (Å²) in [4.78, 5) is 11.6. The van der Waals surface area contributed by atoms with Crippen molar-refractivity contribution >= 4 is 27.5 Å². The Morgan fingerprint density at radius 1 is 1.39 bits per heavy atom. The highest BCUT2D eigenvalue weighted by atomic mass is 35.5. The topological polar surface area (TPSA) is 66.5 Å². The predicted octanol–water partition coefficient (Wildman–Crippen LogP) is 0.849. The van der Waals surface area contributed by atoms with E-state index >= 15 is 0 Å². The molecule has 18 heavy (non-hydrogen) atoms. The first-order valence-electron chi connectivity index (χ1n) is 5.48. The number of nitrogens with zero attached hydrogens (tertiary/aromatic N) is 1. The number of rotatable bonds is 2. The third kappa shape index (κ3) is 2.23. The number of sulfonamides is 1. The van der Waals surface area contributed by atoms with Crippen molar-refractivity contribution in [1.29, 1.82) is 0 Å². The van der Waals surface area contributed by atoms with Crippen molar-refractivity contribution in [3.63, 3.8) is 0 Å². The largest absolute Gasteiger partial charge is 0.353 e. The Bertz CT molecular complexity index is 573. The fraction of sp³-hybridized carbons (Fsp3) is 0.364. The quantitative estimate of drug-likeness (QED) is 0.877. The Labute approximate surface area is 111 Å². The highest BCUT2D eigenvalue weighted by molar-refractivity contribution is 7.89. The molecule has 0 bridgehead atoms. The van der Waals surface area contributed by atoms with Crippen LogP contribution in [0.5, 0.6) is 0 Å². The maximum Gasteiger partial charge on any atom is 0.245 e. The molecule has 1 aliphatic heterocycles. The van der Waals surface area contributed by atoms with Crippen molar-refractivity contribution in [3.8, 4) is 0 Å². The fourth-order valence-corrected chi connectivity index (χ4v) is 3.96. The van der Waals surface area contributed by atoms with Gasteiger partial charge in [-0.2, -0.15) is 4.31 Å². The molecule has 0 aromatic heterocycles. The minimum atomic E-state index is -3.73. The summed E-state index contributed by atoms with van der Waals surface area (Å²) in [6.45, 7) is 2.12. The van der Waals surface area contributed by atoms with Crippen LogP contribution in [0, 0.1) is 0 Å². The normalized spacial score (nSPS) is 21.7. The summed E-state index contributed by atoms with van der Waals surface area (Å²) in [5.41, 5.74) is 0. The molecule has 98 valence electrons. The average Bonchev–Trinajstić information content (AvgIpc) is 2.32. The summed E-state index contributed by atoms with van der Waals surface area (Å²) in [6, 6.07) is 5.50. The average molecular weight is 289 g/mol. The van der Waals surface area contributed by atoms with E-state index in [0.717, 1.165) is 0 Å². The zero-order valence-electron chi connectivity index (χ0n) is 9.76. The van der Waals surface area contributed by atoms with Gasteiger partial charge in [0.05, 0.1) is 5.02 Å². The van der Waals surface area contributed by atoms with Gasteiger partial charge >= 0.3 is 0 Å². The van der Waals surface area contributed by atoms with E-state index in [4.69, 9.17) is 11.6 Å². The molecule has 1 aromatic rings. The zero-order chi connectivity index (χ0) is 13.3. The second-order valence-electron chi connectivity index (χ2n) is 4.01. The third-order valence-electron chi connectivity index (χ3n) is 2.87. The van der Waals surface area contributed by atoms with Gasteiger partial charge < -0.3 is 5.32 Å². The summed E-state index contributed by atoms with van der Waals surface area (Å²) in [7, 11) is -3.73. The molecular formula is C11H13ClN2O3S. The third-order valence-corrected chi connectivity index (χ3v) is 5.34. The van der Waals surface area contributed by atoms with Crippen LogP contribution in [0.4, 0.5) is 0 Å². The molecule has 1 saturated heterocycles. The van der Waals surface area contributed by atoms with Gasteiger partial charge in [-0.1, -0.05) is 23.7 Å². The number of amides is 1. The SMILES string of the molecule is CC1C(=O)NCCN1S(=O)(=O)c1ccccc1Cl. The molecule has 1 atom stereocenters. The molecule has 0 saturated carbocycles. The van der Waals surface area contributed by atoms with Crippen LogP contribution in [0.25, 0.3) is 0 Å². The fourth-order valence-electron chi connectivity index (χ4n) is 1.87. The first kappa shape index (κ1) is 13.3. The number of hydrogen-bond acceptors (Lipinski definition) is 3. The Hall–Kier alpha value is -1.11. The molecule has 7 heteroatoms. The molecule has 0 aliphatic carbocycles. The van der Waals surface area contributed by atoms with Gasteiger partial charge in [-0.05, 0) is 19.1 Å².